The summed E-state index contributed by atoms with van der Waals surface area (Å²) in [7, 11) is 2.41. The molecule has 16 nitrogen and oxygen atoms in total. The lowest BCUT2D eigenvalue weighted by molar-refractivity contribution is -0.140. The predicted octanol–water partition coefficient (Wildman–Crippen LogP) is 7.46. The van der Waals surface area contributed by atoms with Crippen molar-refractivity contribution in [2.45, 2.75) is 56.0 Å². The van der Waals surface area contributed by atoms with Gasteiger partial charge < -0.3 is 39.9 Å². The molecule has 3 aromatic carbocycles. The van der Waals surface area contributed by atoms with Gasteiger partial charge in [0.2, 0.25) is 0 Å². The van der Waals surface area contributed by atoms with Gasteiger partial charge in [0.15, 0.2) is 5.82 Å². The van der Waals surface area contributed by atoms with Crippen molar-refractivity contribution in [2.75, 3.05) is 27.3 Å². The minimum atomic E-state index is -4.81. The molecule has 2 saturated heterocycles. The summed E-state index contributed by atoms with van der Waals surface area (Å²) in [4.78, 5) is 79.5. The smallest absolute Gasteiger partial charge is 0.433 e. The summed E-state index contributed by atoms with van der Waals surface area (Å²) in [6.07, 6.45) is -1.01. The monoisotopic (exact) mass is 876 g/mol. The van der Waals surface area contributed by atoms with Crippen molar-refractivity contribution in [3.8, 4) is 34.0 Å². The number of benzene rings is 3. The maximum atomic E-state index is 14.6. The van der Waals surface area contributed by atoms with Crippen LogP contribution in [0.1, 0.15) is 78.3 Å². The summed E-state index contributed by atoms with van der Waals surface area (Å²) in [5.41, 5.74) is 1.42. The van der Waals surface area contributed by atoms with Crippen LogP contribution in [-0.2, 0) is 25.2 Å². The minimum Gasteiger partial charge on any atom is -0.453 e. The number of carbonyl (C=O) groups excluding carboxylic acids is 4. The first kappa shape index (κ1) is 43.1. The van der Waals surface area contributed by atoms with E-state index in [1.807, 2.05) is 6.07 Å². The molecule has 6 aromatic rings. The number of ether oxygens (including phenoxy) is 2. The van der Waals surface area contributed by atoms with Crippen LogP contribution in [0.3, 0.4) is 0 Å². The molecule has 0 unspecified atom stereocenters. The number of imidazole rings is 2. The largest absolute Gasteiger partial charge is 0.453 e. The van der Waals surface area contributed by atoms with E-state index in [2.05, 4.69) is 35.6 Å². The number of methoxy groups -OCH3 is 2. The summed E-state index contributed by atoms with van der Waals surface area (Å²) in [5, 5.41) is 5.21. The zero-order valence-electron chi connectivity index (χ0n) is 34.6. The number of H-pyrrole nitrogens is 2. The zero-order valence-corrected chi connectivity index (χ0v) is 34.6. The average Bonchev–Trinajstić information content (AvgIpc) is 4.17. The number of hydrogen-bond donors (Lipinski definition) is 4. The molecule has 0 aliphatic carbocycles. The Hall–Kier alpha value is -7.57. The highest BCUT2D eigenvalue weighted by Gasteiger charge is 2.42. The molecule has 0 radical (unpaired) electrons. The quantitative estimate of drug-likeness (QED) is 0.101. The highest BCUT2D eigenvalue weighted by molar-refractivity contribution is 5.88. The van der Waals surface area contributed by atoms with Crippen molar-refractivity contribution >= 4 is 24.0 Å². The third-order valence-corrected chi connectivity index (χ3v) is 11.3. The summed E-state index contributed by atoms with van der Waals surface area (Å²) in [5.74, 6) is -0.0223. The van der Waals surface area contributed by atoms with E-state index in [-0.39, 0.29) is 29.5 Å². The van der Waals surface area contributed by atoms with Crippen LogP contribution in [0, 0.1) is 0 Å². The highest BCUT2D eigenvalue weighted by atomic mass is 19.4. The SMILES string of the molecule is COC(=O)N[C@@H](C(=O)N1CCC[C@H]1c1ncc(-c2ccnc(-c3ccc(-c4nc([C@@H]5CCCN5C(=O)[C@H](NC(=O)OC)c5ccccc5)[nH]c4C(F)(F)F)cc3)n2)[nH]1)c1ccccc1. The van der Waals surface area contributed by atoms with Gasteiger partial charge in [-0.3, -0.25) is 9.59 Å². The average molecular weight is 877 g/mol. The molecular formula is C45H43F3N10O6. The second-order valence-electron chi connectivity index (χ2n) is 15.2. The van der Waals surface area contributed by atoms with Crippen LogP contribution in [0.15, 0.2) is 103 Å². The molecule has 64 heavy (non-hydrogen) atoms. The number of alkyl halides is 3. The van der Waals surface area contributed by atoms with Gasteiger partial charge in [0.05, 0.1) is 43.9 Å². The van der Waals surface area contributed by atoms with E-state index in [0.717, 1.165) is 0 Å². The van der Waals surface area contributed by atoms with Crippen LogP contribution in [-0.4, -0.2) is 91.0 Å². The Morgan fingerprint density at radius 2 is 1.22 bits per heavy atom. The third kappa shape index (κ3) is 9.00. The fourth-order valence-corrected chi connectivity index (χ4v) is 8.21. The molecular weight excluding hydrogens is 834 g/mol. The number of carbonyl (C=O) groups is 4. The number of aromatic nitrogens is 6. The Balaban J connectivity index is 1.01. The van der Waals surface area contributed by atoms with Crippen molar-refractivity contribution in [1.82, 2.24) is 50.3 Å². The topological polar surface area (TPSA) is 200 Å². The molecule has 2 fully saturated rings. The number of amides is 4. The summed E-state index contributed by atoms with van der Waals surface area (Å²) < 4.78 is 53.4. The maximum Gasteiger partial charge on any atom is 0.433 e. The van der Waals surface area contributed by atoms with E-state index in [1.165, 1.54) is 31.3 Å². The van der Waals surface area contributed by atoms with Crippen LogP contribution in [0.5, 0.6) is 0 Å². The first-order chi connectivity index (χ1) is 30.9. The van der Waals surface area contributed by atoms with Gasteiger partial charge in [0.25, 0.3) is 11.8 Å². The van der Waals surface area contributed by atoms with Crippen LogP contribution in [0.25, 0.3) is 34.0 Å². The van der Waals surface area contributed by atoms with Gasteiger partial charge in [-0.1, -0.05) is 84.9 Å². The van der Waals surface area contributed by atoms with Gasteiger partial charge in [0, 0.05) is 30.4 Å². The second kappa shape index (κ2) is 18.4. The third-order valence-electron chi connectivity index (χ3n) is 11.3. The van der Waals surface area contributed by atoms with Gasteiger partial charge in [-0.05, 0) is 42.9 Å². The molecule has 0 saturated carbocycles. The van der Waals surface area contributed by atoms with E-state index in [0.29, 0.717) is 72.0 Å². The van der Waals surface area contributed by atoms with Crippen molar-refractivity contribution in [3.05, 3.63) is 132 Å². The first-order valence-electron chi connectivity index (χ1n) is 20.5. The maximum absolute atomic E-state index is 14.6. The van der Waals surface area contributed by atoms with Gasteiger partial charge in [-0.15, -0.1) is 0 Å². The number of nitrogens with zero attached hydrogens (tertiary/aromatic N) is 6. The number of aromatic amines is 2. The number of rotatable bonds is 11. The molecule has 2 aliphatic heterocycles. The van der Waals surface area contributed by atoms with Crippen molar-refractivity contribution < 1.29 is 41.8 Å². The van der Waals surface area contributed by atoms with Crippen molar-refractivity contribution in [3.63, 3.8) is 0 Å². The zero-order chi connectivity index (χ0) is 45.0. The van der Waals surface area contributed by atoms with Crippen LogP contribution < -0.4 is 10.6 Å². The van der Waals surface area contributed by atoms with E-state index in [1.54, 1.807) is 90.1 Å². The Labute approximate surface area is 364 Å². The summed E-state index contributed by atoms with van der Waals surface area (Å²) in [6.45, 7) is 0.693. The second-order valence-corrected chi connectivity index (χ2v) is 15.2. The first-order valence-corrected chi connectivity index (χ1v) is 20.5. The Morgan fingerprint density at radius 1 is 0.688 bits per heavy atom. The lowest BCUT2D eigenvalue weighted by atomic mass is 10.1. The lowest BCUT2D eigenvalue weighted by Gasteiger charge is -2.28. The van der Waals surface area contributed by atoms with Crippen LogP contribution in [0.2, 0.25) is 0 Å². The molecule has 2 aliphatic rings. The number of hydrogen-bond acceptors (Lipinski definition) is 10. The number of alkyl carbamates (subject to hydrolysis) is 2. The minimum absolute atomic E-state index is 0.0314. The molecule has 3 aromatic heterocycles. The van der Waals surface area contributed by atoms with Gasteiger partial charge in [-0.25, -0.2) is 29.5 Å². The van der Waals surface area contributed by atoms with Crippen LogP contribution >= 0.6 is 0 Å². The number of nitrogens with one attached hydrogen (secondary N) is 4. The molecule has 330 valence electrons. The lowest BCUT2D eigenvalue weighted by Crippen LogP contribution is -2.42. The van der Waals surface area contributed by atoms with Gasteiger partial charge in [0.1, 0.15) is 35.1 Å². The summed E-state index contributed by atoms with van der Waals surface area (Å²) in [6, 6.07) is 22.0. The number of halogens is 3. The van der Waals surface area contributed by atoms with E-state index in [4.69, 9.17) is 14.5 Å². The normalized spacial score (nSPS) is 17.1. The van der Waals surface area contributed by atoms with Crippen molar-refractivity contribution in [2.24, 2.45) is 0 Å². The molecule has 4 amide bonds. The molecule has 5 heterocycles. The fourth-order valence-electron chi connectivity index (χ4n) is 8.21. The Morgan fingerprint density at radius 3 is 1.75 bits per heavy atom. The molecule has 8 rings (SSSR count). The van der Waals surface area contributed by atoms with E-state index in [9.17, 15) is 32.3 Å². The number of likely N-dealkylation sites (tertiary alicyclic amines) is 2. The molecule has 4 atom stereocenters. The van der Waals surface area contributed by atoms with E-state index < -0.39 is 54.1 Å². The fraction of sp³-hybridized carbons (Fsp3) is 0.289. The molecule has 4 N–H and O–H groups in total. The van der Waals surface area contributed by atoms with Gasteiger partial charge in [-0.2, -0.15) is 13.2 Å². The highest BCUT2D eigenvalue weighted by Crippen LogP contribution is 2.41. The Kier molecular flexibility index (Phi) is 12.4. The summed E-state index contributed by atoms with van der Waals surface area (Å²) >= 11 is 0. The Bertz CT molecular complexity index is 2620. The predicted molar refractivity (Wildman–Crippen MR) is 224 cm³/mol. The standard InChI is InChI=1S/C45H43F3N10O6/c1-63-43(61)54-35(26-11-5-3-6-12-26)41(59)57-23-9-15-32(57)39-50-25-31(52-39)30-21-22-49-38(51-30)29-19-17-28(18-20-29)34-37(45(46,47)48)56-40(53-34)33-16-10-24-58(33)42(60)36(55-44(62)64-2)27-13-7-4-8-14-27/h3-8,11-14,17-22,25,32-33,35-36H,9-10,15-16,23-24H2,1-2H3,(H,50,52)(H,53,56)(H,54,61)(H,55,62)/t32-,33-,35+,36+/m0/s1. The molecule has 19 heteroatoms. The molecule has 0 bridgehead atoms. The van der Waals surface area contributed by atoms with Gasteiger partial charge >= 0.3 is 18.4 Å². The molecule has 0 spiro atoms. The van der Waals surface area contributed by atoms with Crippen LogP contribution in [0.4, 0.5) is 22.8 Å². The van der Waals surface area contributed by atoms with Crippen molar-refractivity contribution in [1.29, 1.82) is 0 Å². The van der Waals surface area contributed by atoms with E-state index >= 15 is 0 Å².